The van der Waals surface area contributed by atoms with Gasteiger partial charge in [0.2, 0.25) is 0 Å². The van der Waals surface area contributed by atoms with E-state index in [1.54, 1.807) is 23.5 Å². The van der Waals surface area contributed by atoms with Crippen LogP contribution in [-0.2, 0) is 4.79 Å². The van der Waals surface area contributed by atoms with Gasteiger partial charge in [0.25, 0.3) is 5.91 Å². The molecule has 2 heterocycles. The molecule has 0 radical (unpaired) electrons. The number of hydrogen-bond donors (Lipinski definition) is 1. The largest absolute Gasteiger partial charge is 0.321 e. The fourth-order valence-electron chi connectivity index (χ4n) is 1.86. The highest BCUT2D eigenvalue weighted by atomic mass is 79.9. The molecule has 1 aliphatic rings. The Balaban J connectivity index is 2.09. The highest BCUT2D eigenvalue weighted by Gasteiger charge is 2.24. The molecule has 0 atom stereocenters. The summed E-state index contributed by atoms with van der Waals surface area (Å²) < 4.78 is 1.02. The van der Waals surface area contributed by atoms with Crippen LogP contribution in [0, 0.1) is 0 Å². The van der Waals surface area contributed by atoms with Crippen LogP contribution in [0.2, 0.25) is 5.02 Å². The van der Waals surface area contributed by atoms with Crippen LogP contribution in [-0.4, -0.2) is 5.91 Å². The highest BCUT2D eigenvalue weighted by Crippen LogP contribution is 2.35. The third-order valence-corrected chi connectivity index (χ3v) is 4.51. The number of carbonyl (C=O) groups excluding carboxylic acids is 1. The van der Waals surface area contributed by atoms with Gasteiger partial charge >= 0.3 is 0 Å². The number of benzene rings is 1. The minimum absolute atomic E-state index is 0.0863. The van der Waals surface area contributed by atoms with Crippen LogP contribution in [0.1, 0.15) is 10.4 Å². The molecular weight excluding hydrogens is 334 g/mol. The minimum Gasteiger partial charge on any atom is -0.321 e. The molecule has 1 aromatic carbocycles. The molecule has 2 aromatic rings. The number of hydrogen-bond acceptors (Lipinski definition) is 2. The number of amides is 1. The van der Waals surface area contributed by atoms with Gasteiger partial charge in [0.15, 0.2) is 0 Å². The van der Waals surface area contributed by atoms with Crippen LogP contribution < -0.4 is 5.32 Å². The van der Waals surface area contributed by atoms with Gasteiger partial charge < -0.3 is 5.32 Å². The van der Waals surface area contributed by atoms with Crippen LogP contribution in [0.3, 0.4) is 0 Å². The van der Waals surface area contributed by atoms with Crippen molar-refractivity contribution in [1.82, 2.24) is 0 Å². The first kappa shape index (κ1) is 12.0. The molecule has 1 amide bonds. The van der Waals surface area contributed by atoms with Crippen molar-refractivity contribution < 1.29 is 4.79 Å². The lowest BCUT2D eigenvalue weighted by Crippen LogP contribution is -2.03. The summed E-state index contributed by atoms with van der Waals surface area (Å²) in [5, 5.41) is 5.42. The van der Waals surface area contributed by atoms with Gasteiger partial charge in [-0.1, -0.05) is 17.7 Å². The molecule has 3 rings (SSSR count). The lowest BCUT2D eigenvalue weighted by atomic mass is 10.1. The summed E-state index contributed by atoms with van der Waals surface area (Å²) in [5.41, 5.74) is 2.35. The first-order chi connectivity index (χ1) is 8.63. The van der Waals surface area contributed by atoms with Crippen LogP contribution in [0.4, 0.5) is 5.69 Å². The Labute approximate surface area is 121 Å². The van der Waals surface area contributed by atoms with Crippen LogP contribution in [0.15, 0.2) is 34.1 Å². The van der Waals surface area contributed by atoms with Crippen molar-refractivity contribution in [2.24, 2.45) is 0 Å². The second-order valence-electron chi connectivity index (χ2n) is 3.87. The monoisotopic (exact) mass is 339 g/mol. The second kappa shape index (κ2) is 4.53. The SMILES string of the molecule is O=C1Nc2cc(Cl)ccc2/C1=C\c1cc(Br)cs1. The lowest BCUT2D eigenvalue weighted by molar-refractivity contribution is -0.110. The Morgan fingerprint density at radius 2 is 2.17 bits per heavy atom. The Morgan fingerprint density at radius 1 is 1.33 bits per heavy atom. The summed E-state index contributed by atoms with van der Waals surface area (Å²) in [5.74, 6) is -0.0863. The van der Waals surface area contributed by atoms with Crippen molar-refractivity contribution in [3.8, 4) is 0 Å². The van der Waals surface area contributed by atoms with Gasteiger partial charge in [-0.15, -0.1) is 11.3 Å². The van der Waals surface area contributed by atoms with Gasteiger partial charge in [0, 0.05) is 25.3 Å². The van der Waals surface area contributed by atoms with E-state index in [-0.39, 0.29) is 5.91 Å². The van der Waals surface area contributed by atoms with E-state index in [2.05, 4.69) is 21.2 Å². The first-order valence-electron chi connectivity index (χ1n) is 5.20. The molecule has 0 fully saturated rings. The van der Waals surface area contributed by atoms with E-state index in [1.807, 2.05) is 23.6 Å². The van der Waals surface area contributed by atoms with Crippen molar-refractivity contribution >= 4 is 62.1 Å². The molecule has 2 nitrogen and oxygen atoms in total. The standard InChI is InChI=1S/C13H7BrClNOS/c14-7-3-9(18-6-7)5-11-10-2-1-8(15)4-12(10)16-13(11)17/h1-6H,(H,16,17)/b11-5+. The molecule has 1 aromatic heterocycles. The minimum atomic E-state index is -0.0863. The average molecular weight is 341 g/mol. The van der Waals surface area contributed by atoms with Crippen LogP contribution in [0.25, 0.3) is 11.6 Å². The zero-order valence-corrected chi connectivity index (χ0v) is 12.2. The molecule has 18 heavy (non-hydrogen) atoms. The molecule has 0 bridgehead atoms. The van der Waals surface area contributed by atoms with Crippen LogP contribution in [0.5, 0.6) is 0 Å². The predicted octanol–water partition coefficient (Wildman–Crippen LogP) is 4.66. The summed E-state index contributed by atoms with van der Waals surface area (Å²) >= 11 is 10.9. The average Bonchev–Trinajstić information content (AvgIpc) is 2.84. The lowest BCUT2D eigenvalue weighted by Gasteiger charge is -1.97. The second-order valence-corrected chi connectivity index (χ2v) is 6.16. The zero-order valence-electron chi connectivity index (χ0n) is 9.04. The predicted molar refractivity (Wildman–Crippen MR) is 80.0 cm³/mol. The fraction of sp³-hybridized carbons (Fsp3) is 0. The molecule has 0 saturated heterocycles. The molecule has 1 aliphatic heterocycles. The van der Waals surface area contributed by atoms with Crippen LogP contribution >= 0.6 is 38.9 Å². The van der Waals surface area contributed by atoms with E-state index >= 15 is 0 Å². The summed E-state index contributed by atoms with van der Waals surface area (Å²) in [4.78, 5) is 13.0. The Bertz CT molecular complexity index is 677. The Kier molecular flexibility index (Phi) is 3.01. The van der Waals surface area contributed by atoms with E-state index < -0.39 is 0 Å². The Hall–Kier alpha value is -1.10. The van der Waals surface area contributed by atoms with Crippen molar-refractivity contribution in [3.63, 3.8) is 0 Å². The number of thiophene rings is 1. The van der Waals surface area contributed by atoms with E-state index in [0.29, 0.717) is 10.6 Å². The van der Waals surface area contributed by atoms with Gasteiger partial charge in [0.05, 0.1) is 11.3 Å². The summed E-state index contributed by atoms with van der Waals surface area (Å²) in [7, 11) is 0. The van der Waals surface area contributed by atoms with Gasteiger partial charge in [0.1, 0.15) is 0 Å². The summed E-state index contributed by atoms with van der Waals surface area (Å²) in [6.45, 7) is 0. The molecule has 0 saturated carbocycles. The molecular formula is C13H7BrClNOS. The number of nitrogens with one attached hydrogen (secondary N) is 1. The van der Waals surface area contributed by atoms with Gasteiger partial charge in [-0.3, -0.25) is 4.79 Å². The fourth-order valence-corrected chi connectivity index (χ4v) is 3.40. The number of rotatable bonds is 1. The first-order valence-corrected chi connectivity index (χ1v) is 7.25. The normalized spacial score (nSPS) is 15.9. The van der Waals surface area contributed by atoms with E-state index in [9.17, 15) is 4.79 Å². The van der Waals surface area contributed by atoms with E-state index in [1.165, 1.54) is 0 Å². The van der Waals surface area contributed by atoms with E-state index in [4.69, 9.17) is 11.6 Å². The molecule has 0 unspecified atom stereocenters. The number of carbonyl (C=O) groups is 1. The van der Waals surface area contributed by atoms with Gasteiger partial charge in [-0.2, -0.15) is 0 Å². The van der Waals surface area contributed by atoms with Gasteiger partial charge in [-0.25, -0.2) is 0 Å². The highest BCUT2D eigenvalue weighted by molar-refractivity contribution is 9.10. The maximum atomic E-state index is 11.9. The molecule has 1 N–H and O–H groups in total. The molecule has 90 valence electrons. The number of anilines is 1. The molecule has 0 spiro atoms. The zero-order chi connectivity index (χ0) is 12.7. The molecule has 5 heteroatoms. The summed E-state index contributed by atoms with van der Waals surface area (Å²) in [6, 6.07) is 7.40. The van der Waals surface area contributed by atoms with Gasteiger partial charge in [-0.05, 0) is 40.2 Å². The van der Waals surface area contributed by atoms with Crippen molar-refractivity contribution in [2.45, 2.75) is 0 Å². The topological polar surface area (TPSA) is 29.1 Å². The quantitative estimate of drug-likeness (QED) is 0.752. The third kappa shape index (κ3) is 2.11. The van der Waals surface area contributed by atoms with Crippen molar-refractivity contribution in [2.75, 3.05) is 5.32 Å². The van der Waals surface area contributed by atoms with Crippen molar-refractivity contribution in [1.29, 1.82) is 0 Å². The number of halogens is 2. The number of fused-ring (bicyclic) bond motifs is 1. The maximum absolute atomic E-state index is 11.9. The molecule has 0 aliphatic carbocycles. The smallest absolute Gasteiger partial charge is 0.256 e. The maximum Gasteiger partial charge on any atom is 0.256 e. The Morgan fingerprint density at radius 3 is 2.89 bits per heavy atom. The van der Waals surface area contributed by atoms with Crippen molar-refractivity contribution in [3.05, 3.63) is 49.6 Å². The summed E-state index contributed by atoms with van der Waals surface area (Å²) in [6.07, 6.45) is 1.89. The third-order valence-electron chi connectivity index (χ3n) is 2.64. The van der Waals surface area contributed by atoms with E-state index in [0.717, 1.165) is 20.6 Å².